The summed E-state index contributed by atoms with van der Waals surface area (Å²) in [4.78, 5) is 0. The molecule has 47 heavy (non-hydrogen) atoms. The van der Waals surface area contributed by atoms with Gasteiger partial charge in [-0.15, -0.1) is 0 Å². The Morgan fingerprint density at radius 2 is 1.72 bits per heavy atom. The molecule has 1 heterocycles. The zero-order valence-corrected chi connectivity index (χ0v) is 29.2. The minimum Gasteiger partial charge on any atom is -0.508 e. The topological polar surface area (TPSA) is 114 Å². The first kappa shape index (κ1) is 34.0. The number of hydrogen-bond acceptors (Lipinski definition) is 6. The van der Waals surface area contributed by atoms with Crippen LogP contribution in [0.15, 0.2) is 36.4 Å². The van der Waals surface area contributed by atoms with Crippen LogP contribution in [0.1, 0.15) is 123 Å². The molecule has 0 unspecified atom stereocenters. The Hall–Kier alpha value is -1.44. The van der Waals surface area contributed by atoms with E-state index in [1.54, 1.807) is 19.1 Å². The number of epoxide rings is 1. The van der Waals surface area contributed by atoms with Crippen LogP contribution < -0.4 is 0 Å². The summed E-state index contributed by atoms with van der Waals surface area (Å²) >= 11 is 0. The number of phenolic OH excluding ortho intramolecular Hbond substituents is 1. The number of benzene rings is 1. The molecule has 14 atom stereocenters. The summed E-state index contributed by atoms with van der Waals surface area (Å²) in [7, 11) is 0. The molecule has 1 aromatic carbocycles. The first-order chi connectivity index (χ1) is 22.2. The Kier molecular flexibility index (Phi) is 8.98. The van der Waals surface area contributed by atoms with Crippen molar-refractivity contribution < 1.29 is 30.3 Å². The summed E-state index contributed by atoms with van der Waals surface area (Å²) < 4.78 is 6.72. The monoisotopic (exact) mass is 650 g/mol. The van der Waals surface area contributed by atoms with Crippen molar-refractivity contribution in [1.82, 2.24) is 0 Å². The van der Waals surface area contributed by atoms with E-state index in [4.69, 9.17) is 11.3 Å². The van der Waals surface area contributed by atoms with Crippen LogP contribution in [-0.4, -0.2) is 61.2 Å². The van der Waals surface area contributed by atoms with Gasteiger partial charge in [0.05, 0.1) is 35.6 Å². The SMILES string of the molecule is C=C1C[C@]2(CC[C@H](CC[C@@]3(O)CCC[C@H](O)C3)C2)[C@@H]2O[C@@]2(C)CC[C@@H]2[C@H]1C[C@@]2(C)[C@H]1C[C@H]([C@@H](O)[C@H](C)O)C[C@H]1Cc1ccc(O)cc1. The minimum absolute atomic E-state index is 0.0710. The zero-order valence-electron chi connectivity index (χ0n) is 29.2. The maximum Gasteiger partial charge on any atom is 0.115 e. The molecule has 6 nitrogen and oxygen atoms in total. The van der Waals surface area contributed by atoms with Gasteiger partial charge in [-0.05, 0) is 169 Å². The van der Waals surface area contributed by atoms with E-state index in [0.717, 1.165) is 83.5 Å². The molecule has 262 valence electrons. The van der Waals surface area contributed by atoms with E-state index in [0.29, 0.717) is 47.9 Å². The van der Waals surface area contributed by atoms with Crippen LogP contribution in [0.5, 0.6) is 5.75 Å². The van der Waals surface area contributed by atoms with Gasteiger partial charge < -0.3 is 30.3 Å². The van der Waals surface area contributed by atoms with E-state index in [2.05, 4.69) is 13.8 Å². The second-order valence-electron chi connectivity index (χ2n) is 18.3. The molecular formula is C41H62O6. The van der Waals surface area contributed by atoms with Crippen molar-refractivity contribution >= 4 is 0 Å². The molecule has 6 heteroatoms. The van der Waals surface area contributed by atoms with E-state index in [1.165, 1.54) is 24.0 Å². The van der Waals surface area contributed by atoms with Gasteiger partial charge in [0.25, 0.3) is 0 Å². The van der Waals surface area contributed by atoms with Crippen molar-refractivity contribution in [2.24, 2.45) is 46.3 Å². The first-order valence-electron chi connectivity index (χ1n) is 19.1. The second-order valence-corrected chi connectivity index (χ2v) is 18.3. The molecule has 1 saturated heterocycles. The quantitative estimate of drug-likeness (QED) is 0.152. The summed E-state index contributed by atoms with van der Waals surface area (Å²) in [6.07, 6.45) is 14.2. The number of aromatic hydroxyl groups is 1. The van der Waals surface area contributed by atoms with Crippen LogP contribution in [0.4, 0.5) is 0 Å². The number of fused-ring (bicyclic) bond motifs is 3. The maximum atomic E-state index is 11.2. The lowest BCUT2D eigenvalue weighted by molar-refractivity contribution is -0.0852. The van der Waals surface area contributed by atoms with Crippen molar-refractivity contribution in [3.63, 3.8) is 0 Å². The molecule has 0 bridgehead atoms. The average molecular weight is 651 g/mol. The van der Waals surface area contributed by atoms with Crippen LogP contribution in [0.3, 0.4) is 0 Å². The molecule has 1 spiro atoms. The van der Waals surface area contributed by atoms with Crippen molar-refractivity contribution in [3.8, 4) is 5.75 Å². The van der Waals surface area contributed by atoms with Crippen LogP contribution in [0, 0.1) is 46.3 Å². The Morgan fingerprint density at radius 3 is 2.45 bits per heavy atom. The van der Waals surface area contributed by atoms with Gasteiger partial charge in [0.15, 0.2) is 0 Å². The number of allylic oxidation sites excluding steroid dienone is 1. The molecule has 1 aliphatic heterocycles. The molecule has 5 aliphatic carbocycles. The van der Waals surface area contributed by atoms with Crippen LogP contribution in [-0.2, 0) is 11.2 Å². The summed E-state index contributed by atoms with van der Waals surface area (Å²) in [6.45, 7) is 11.4. The Bertz CT molecular complexity index is 1300. The third kappa shape index (κ3) is 6.37. The predicted molar refractivity (Wildman–Crippen MR) is 184 cm³/mol. The molecule has 5 N–H and O–H groups in total. The van der Waals surface area contributed by atoms with Gasteiger partial charge >= 0.3 is 0 Å². The molecule has 5 saturated carbocycles. The van der Waals surface area contributed by atoms with E-state index < -0.39 is 17.8 Å². The van der Waals surface area contributed by atoms with Gasteiger partial charge in [-0.3, -0.25) is 0 Å². The second kappa shape index (κ2) is 12.4. The Morgan fingerprint density at radius 1 is 0.957 bits per heavy atom. The number of rotatable bonds is 8. The third-order valence-corrected chi connectivity index (χ3v) is 15.0. The van der Waals surface area contributed by atoms with Crippen molar-refractivity contribution in [3.05, 3.63) is 42.0 Å². The van der Waals surface area contributed by atoms with Gasteiger partial charge in [0.2, 0.25) is 0 Å². The Labute approximate surface area is 283 Å². The molecule has 1 aromatic rings. The highest BCUT2D eigenvalue weighted by Gasteiger charge is 2.67. The summed E-state index contributed by atoms with van der Waals surface area (Å²) in [5.41, 5.74) is 2.18. The standard InChI is InChI=1S/C41H62O6/c1-25-21-40(16-11-28(22-40)12-17-41(46)14-5-6-32(44)23-41)37-39(4,47-37)15-13-34-33(25)24-38(34,3)35-20-30(36(45)26(2)42)19-29(35)18-27-7-9-31(43)10-8-27/h7-10,26,28-30,32-37,42-46H,1,5-6,11-24H2,2-4H3/t26-,28+,29+,30+,32-,33-,34+,35-,36-,37+,38+,39-,40-,41-/m0/s1. The molecule has 0 radical (unpaired) electrons. The number of ether oxygens (including phenoxy) is 1. The highest BCUT2D eigenvalue weighted by Crippen LogP contribution is 2.70. The highest BCUT2D eigenvalue weighted by molar-refractivity contribution is 5.28. The van der Waals surface area contributed by atoms with Gasteiger partial charge in [-0.1, -0.05) is 31.2 Å². The molecule has 0 amide bonds. The smallest absolute Gasteiger partial charge is 0.115 e. The number of aliphatic hydroxyl groups is 4. The normalized spacial score (nSPS) is 47.7. The Balaban J connectivity index is 1.07. The highest BCUT2D eigenvalue weighted by atomic mass is 16.6. The largest absolute Gasteiger partial charge is 0.508 e. The minimum atomic E-state index is -0.729. The van der Waals surface area contributed by atoms with Gasteiger partial charge in [-0.25, -0.2) is 0 Å². The molecule has 6 fully saturated rings. The predicted octanol–water partition coefficient (Wildman–Crippen LogP) is 7.09. The molecule has 6 aliphatic rings. The maximum absolute atomic E-state index is 11.2. The molecular weight excluding hydrogens is 588 g/mol. The van der Waals surface area contributed by atoms with E-state index in [1.807, 2.05) is 12.1 Å². The van der Waals surface area contributed by atoms with Crippen molar-refractivity contribution in [2.45, 2.75) is 159 Å². The van der Waals surface area contributed by atoms with Gasteiger partial charge in [0.1, 0.15) is 5.75 Å². The van der Waals surface area contributed by atoms with Gasteiger partial charge in [0, 0.05) is 11.8 Å². The number of phenols is 1. The van der Waals surface area contributed by atoms with Crippen LogP contribution in [0.2, 0.25) is 0 Å². The summed E-state index contributed by atoms with van der Waals surface area (Å²) in [5.74, 6) is 2.94. The first-order valence-corrected chi connectivity index (χ1v) is 19.1. The summed E-state index contributed by atoms with van der Waals surface area (Å²) in [5, 5.41) is 52.7. The average Bonchev–Trinajstić information content (AvgIpc) is 3.31. The van der Waals surface area contributed by atoms with Gasteiger partial charge in [-0.2, -0.15) is 0 Å². The molecule has 7 rings (SSSR count). The van der Waals surface area contributed by atoms with E-state index in [-0.39, 0.29) is 28.5 Å². The zero-order chi connectivity index (χ0) is 33.4. The van der Waals surface area contributed by atoms with Crippen LogP contribution >= 0.6 is 0 Å². The lowest BCUT2D eigenvalue weighted by atomic mass is 9.45. The van der Waals surface area contributed by atoms with Crippen molar-refractivity contribution in [1.29, 1.82) is 0 Å². The fourth-order valence-corrected chi connectivity index (χ4v) is 12.5. The summed E-state index contributed by atoms with van der Waals surface area (Å²) in [6, 6.07) is 7.64. The number of hydrogen-bond donors (Lipinski definition) is 5. The van der Waals surface area contributed by atoms with Crippen molar-refractivity contribution in [2.75, 3.05) is 0 Å². The third-order valence-electron chi connectivity index (χ3n) is 15.0. The molecule has 0 aromatic heterocycles. The number of aliphatic hydroxyl groups excluding tert-OH is 3. The van der Waals surface area contributed by atoms with E-state index >= 15 is 0 Å². The lowest BCUT2D eigenvalue weighted by Gasteiger charge is -2.59. The fourth-order valence-electron chi connectivity index (χ4n) is 12.5. The lowest BCUT2D eigenvalue weighted by Crippen LogP contribution is -2.52. The fraction of sp³-hybridized carbons (Fsp3) is 0.805. The van der Waals surface area contributed by atoms with Crippen LogP contribution in [0.25, 0.3) is 0 Å². The van der Waals surface area contributed by atoms with E-state index in [9.17, 15) is 25.5 Å².